The van der Waals surface area contributed by atoms with Gasteiger partial charge in [-0.15, -0.1) is 0 Å². The van der Waals surface area contributed by atoms with Gasteiger partial charge < -0.3 is 10.5 Å². The first-order chi connectivity index (χ1) is 12.4. The fourth-order valence-corrected chi connectivity index (χ4v) is 4.27. The number of nitrogens with two attached hydrogens (primary N) is 1. The minimum Gasteiger partial charge on any atom is -0.496 e. The molecule has 138 valence electrons. The largest absolute Gasteiger partial charge is 0.496 e. The third kappa shape index (κ3) is 3.09. The molecule has 4 rings (SSSR count). The molecule has 1 aliphatic carbocycles. The number of anilines is 1. The Morgan fingerprint density at radius 2 is 2.15 bits per heavy atom. The van der Waals surface area contributed by atoms with Crippen LogP contribution < -0.4 is 10.5 Å². The van der Waals surface area contributed by atoms with Crippen LogP contribution in [0.2, 0.25) is 0 Å². The number of alkyl halides is 1. The van der Waals surface area contributed by atoms with E-state index in [-0.39, 0.29) is 6.04 Å². The first kappa shape index (κ1) is 17.7. The summed E-state index contributed by atoms with van der Waals surface area (Å²) < 4.78 is 21.0. The Hall–Kier alpha value is -1.66. The summed E-state index contributed by atoms with van der Waals surface area (Å²) in [5.41, 5.74) is 10.4. The van der Waals surface area contributed by atoms with E-state index in [1.165, 1.54) is 11.1 Å². The molecule has 6 heteroatoms. The third-order valence-electron chi connectivity index (χ3n) is 5.64. The third-order valence-corrected chi connectivity index (χ3v) is 6.07. The van der Waals surface area contributed by atoms with Crippen LogP contribution in [0.5, 0.6) is 5.75 Å². The highest BCUT2D eigenvalue weighted by Crippen LogP contribution is 2.46. The van der Waals surface area contributed by atoms with Crippen LogP contribution >= 0.6 is 15.9 Å². The molecule has 1 fully saturated rings. The zero-order valence-electron chi connectivity index (χ0n) is 15.1. The van der Waals surface area contributed by atoms with Gasteiger partial charge in [-0.1, -0.05) is 6.07 Å². The van der Waals surface area contributed by atoms with Gasteiger partial charge in [-0.3, -0.25) is 4.90 Å². The maximum Gasteiger partial charge on any atom is 0.128 e. The molecule has 1 aliphatic heterocycles. The van der Waals surface area contributed by atoms with Crippen molar-refractivity contribution in [2.45, 2.75) is 37.9 Å². The lowest BCUT2D eigenvalue weighted by atomic mass is 9.85. The van der Waals surface area contributed by atoms with E-state index in [1.807, 2.05) is 18.3 Å². The van der Waals surface area contributed by atoms with Gasteiger partial charge >= 0.3 is 0 Å². The lowest BCUT2D eigenvalue weighted by Crippen LogP contribution is -2.41. The summed E-state index contributed by atoms with van der Waals surface area (Å²) >= 11 is 3.41. The van der Waals surface area contributed by atoms with Gasteiger partial charge in [0.1, 0.15) is 16.0 Å². The minimum atomic E-state index is -1.05. The molecule has 0 radical (unpaired) electrons. The number of methoxy groups -OCH3 is 1. The molecule has 2 N–H and O–H groups in total. The number of nitrogens with zero attached hydrogens (tertiary/aromatic N) is 2. The Labute approximate surface area is 161 Å². The van der Waals surface area contributed by atoms with Gasteiger partial charge in [-0.05, 0) is 64.9 Å². The molecule has 1 unspecified atom stereocenters. The topological polar surface area (TPSA) is 51.4 Å². The molecule has 0 spiro atoms. The Balaban J connectivity index is 1.85. The first-order valence-electron chi connectivity index (χ1n) is 8.92. The van der Waals surface area contributed by atoms with Crippen LogP contribution in [0.25, 0.3) is 0 Å². The number of halogens is 2. The summed E-state index contributed by atoms with van der Waals surface area (Å²) in [6, 6.07) is 5.82. The summed E-state index contributed by atoms with van der Waals surface area (Å²) in [5.74, 6) is 0.757. The van der Waals surface area contributed by atoms with Crippen molar-refractivity contribution >= 4 is 21.6 Å². The molecule has 26 heavy (non-hydrogen) atoms. The SMILES string of the molecule is COc1cc(Br)ncc1C1c2ccc(N)c(C)c2CCN1CC1(F)CC1. The number of nitrogen functional groups attached to an aromatic ring is 1. The van der Waals surface area contributed by atoms with Crippen LogP contribution in [0.3, 0.4) is 0 Å². The highest BCUT2D eigenvalue weighted by Gasteiger charge is 2.47. The highest BCUT2D eigenvalue weighted by molar-refractivity contribution is 9.10. The predicted octanol–water partition coefficient (Wildman–Crippen LogP) is 4.19. The van der Waals surface area contributed by atoms with Gasteiger partial charge in [0, 0.05) is 36.6 Å². The summed E-state index contributed by atoms with van der Waals surface area (Å²) in [4.78, 5) is 6.65. The standard InChI is InChI=1S/C20H23BrFN3O/c1-12-13-5-8-25(11-20(22)6-7-20)19(14(13)3-4-16(12)23)15-10-24-18(21)9-17(15)26-2/h3-4,9-10,19H,5-8,11,23H2,1-2H3. The Bertz CT molecular complexity index is 853. The average Bonchev–Trinajstić information content (AvgIpc) is 3.35. The molecule has 4 nitrogen and oxygen atoms in total. The lowest BCUT2D eigenvalue weighted by molar-refractivity contribution is 0.138. The average molecular weight is 420 g/mol. The van der Waals surface area contributed by atoms with Crippen LogP contribution in [-0.2, 0) is 6.42 Å². The van der Waals surface area contributed by atoms with E-state index in [0.717, 1.165) is 40.1 Å². The first-order valence-corrected chi connectivity index (χ1v) is 9.71. The van der Waals surface area contributed by atoms with Gasteiger partial charge in [0.05, 0.1) is 13.2 Å². The molecular weight excluding hydrogens is 397 g/mol. The van der Waals surface area contributed by atoms with Gasteiger partial charge in [0.2, 0.25) is 0 Å². The maximum atomic E-state index is 14.6. The van der Waals surface area contributed by atoms with Crippen molar-refractivity contribution in [2.24, 2.45) is 0 Å². The molecule has 0 saturated heterocycles. The number of rotatable bonds is 4. The summed E-state index contributed by atoms with van der Waals surface area (Å²) in [6.07, 6.45) is 4.02. The fraction of sp³-hybridized carbons (Fsp3) is 0.450. The van der Waals surface area contributed by atoms with E-state index in [2.05, 4.69) is 38.8 Å². The van der Waals surface area contributed by atoms with E-state index in [0.29, 0.717) is 19.4 Å². The van der Waals surface area contributed by atoms with Crippen molar-refractivity contribution in [2.75, 3.05) is 25.9 Å². The van der Waals surface area contributed by atoms with Crippen LogP contribution in [0, 0.1) is 6.92 Å². The van der Waals surface area contributed by atoms with E-state index in [4.69, 9.17) is 10.5 Å². The summed E-state index contributed by atoms with van der Waals surface area (Å²) in [7, 11) is 1.66. The van der Waals surface area contributed by atoms with Crippen molar-refractivity contribution < 1.29 is 9.13 Å². The van der Waals surface area contributed by atoms with E-state index < -0.39 is 5.67 Å². The van der Waals surface area contributed by atoms with E-state index in [1.54, 1.807) is 7.11 Å². The van der Waals surface area contributed by atoms with Gasteiger partial charge in [-0.2, -0.15) is 0 Å². The van der Waals surface area contributed by atoms with Crippen molar-refractivity contribution in [1.82, 2.24) is 9.88 Å². The number of hydrogen-bond acceptors (Lipinski definition) is 4. The zero-order chi connectivity index (χ0) is 18.5. The molecule has 2 heterocycles. The number of aromatic nitrogens is 1. The van der Waals surface area contributed by atoms with Gasteiger partial charge in [0.15, 0.2) is 0 Å². The van der Waals surface area contributed by atoms with Crippen molar-refractivity contribution in [3.8, 4) is 5.75 Å². The molecule has 2 aliphatic rings. The van der Waals surface area contributed by atoms with Crippen molar-refractivity contribution in [1.29, 1.82) is 0 Å². The van der Waals surface area contributed by atoms with Crippen LogP contribution in [0.1, 0.15) is 41.1 Å². The van der Waals surface area contributed by atoms with Gasteiger partial charge in [0.25, 0.3) is 0 Å². The molecule has 1 atom stereocenters. The number of pyridine rings is 1. The second kappa shape index (κ2) is 6.50. The predicted molar refractivity (Wildman–Crippen MR) is 104 cm³/mol. The van der Waals surface area contributed by atoms with Crippen LogP contribution in [0.15, 0.2) is 29.0 Å². The van der Waals surface area contributed by atoms with E-state index >= 15 is 0 Å². The molecular formula is C20H23BrFN3O. The molecule has 0 bridgehead atoms. The smallest absolute Gasteiger partial charge is 0.128 e. The molecule has 1 aromatic heterocycles. The second-order valence-corrected chi connectivity index (χ2v) is 8.18. The number of hydrogen-bond donors (Lipinski definition) is 1. The number of benzene rings is 1. The summed E-state index contributed by atoms with van der Waals surface area (Å²) in [6.45, 7) is 3.31. The monoisotopic (exact) mass is 419 g/mol. The molecule has 0 amide bonds. The summed E-state index contributed by atoms with van der Waals surface area (Å²) in [5, 5.41) is 0. The molecule has 1 saturated carbocycles. The van der Waals surface area contributed by atoms with Crippen LogP contribution in [-0.4, -0.2) is 35.8 Å². The minimum absolute atomic E-state index is 0.0816. The van der Waals surface area contributed by atoms with Crippen molar-refractivity contribution in [3.63, 3.8) is 0 Å². The normalized spacial score (nSPS) is 21.3. The van der Waals surface area contributed by atoms with E-state index in [9.17, 15) is 4.39 Å². The Kier molecular flexibility index (Phi) is 4.43. The Morgan fingerprint density at radius 3 is 2.85 bits per heavy atom. The van der Waals surface area contributed by atoms with Gasteiger partial charge in [-0.25, -0.2) is 9.37 Å². The lowest BCUT2D eigenvalue weighted by Gasteiger charge is -2.39. The fourth-order valence-electron chi connectivity index (χ4n) is 3.96. The number of ether oxygens (including phenoxy) is 1. The Morgan fingerprint density at radius 1 is 1.38 bits per heavy atom. The number of fused-ring (bicyclic) bond motifs is 1. The second-order valence-electron chi connectivity index (χ2n) is 7.37. The molecule has 2 aromatic rings. The highest BCUT2D eigenvalue weighted by atomic mass is 79.9. The quantitative estimate of drug-likeness (QED) is 0.595. The zero-order valence-corrected chi connectivity index (χ0v) is 16.6. The van der Waals surface area contributed by atoms with Crippen molar-refractivity contribution in [3.05, 3.63) is 51.3 Å². The molecule has 1 aromatic carbocycles. The maximum absolute atomic E-state index is 14.6. The van der Waals surface area contributed by atoms with Crippen LogP contribution in [0.4, 0.5) is 10.1 Å².